The van der Waals surface area contributed by atoms with Crippen LogP contribution in [0.1, 0.15) is 72.1 Å². The summed E-state index contributed by atoms with van der Waals surface area (Å²) in [6.07, 6.45) is 11.6. The van der Waals surface area contributed by atoms with Crippen LogP contribution < -0.4 is 5.32 Å². The van der Waals surface area contributed by atoms with Crippen molar-refractivity contribution in [3.8, 4) is 0 Å². The van der Waals surface area contributed by atoms with E-state index in [9.17, 15) is 0 Å². The maximum Gasteiger partial charge on any atom is 0.0212 e. The molecule has 0 amide bonds. The van der Waals surface area contributed by atoms with E-state index in [0.717, 1.165) is 17.8 Å². The van der Waals surface area contributed by atoms with E-state index in [-0.39, 0.29) is 0 Å². The second kappa shape index (κ2) is 5.73. The van der Waals surface area contributed by atoms with Crippen LogP contribution in [0.25, 0.3) is 0 Å². The molecule has 0 aromatic carbocycles. The van der Waals surface area contributed by atoms with Gasteiger partial charge < -0.3 is 5.32 Å². The topological polar surface area (TPSA) is 12.0 Å². The lowest BCUT2D eigenvalue weighted by molar-refractivity contribution is 0.123. The fourth-order valence-corrected chi connectivity index (χ4v) is 4.41. The third kappa shape index (κ3) is 3.05. The Morgan fingerprint density at radius 2 is 2.06 bits per heavy atom. The Labute approximate surface area is 108 Å². The molecule has 2 aliphatic rings. The van der Waals surface area contributed by atoms with Crippen LogP contribution in [0.5, 0.6) is 0 Å². The highest BCUT2D eigenvalue weighted by Gasteiger charge is 2.42. The van der Waals surface area contributed by atoms with E-state index in [1.807, 2.05) is 0 Å². The number of hydrogen-bond acceptors (Lipinski definition) is 1. The van der Waals surface area contributed by atoms with Crippen molar-refractivity contribution in [2.45, 2.75) is 77.7 Å². The number of rotatable bonds is 4. The van der Waals surface area contributed by atoms with Gasteiger partial charge in [0, 0.05) is 5.54 Å². The molecule has 0 aromatic heterocycles. The predicted molar refractivity (Wildman–Crippen MR) is 75.2 cm³/mol. The Kier molecular flexibility index (Phi) is 4.52. The zero-order chi connectivity index (χ0) is 12.3. The van der Waals surface area contributed by atoms with Gasteiger partial charge in [0.15, 0.2) is 0 Å². The molecule has 1 heterocycles. The molecule has 1 N–H and O–H groups in total. The second-order valence-electron chi connectivity index (χ2n) is 6.92. The maximum absolute atomic E-state index is 3.92. The Hall–Kier alpha value is -0.0400. The van der Waals surface area contributed by atoms with E-state index in [4.69, 9.17) is 0 Å². The summed E-state index contributed by atoms with van der Waals surface area (Å²) in [6.45, 7) is 8.42. The zero-order valence-electron chi connectivity index (χ0n) is 12.1. The summed E-state index contributed by atoms with van der Waals surface area (Å²) in [5, 5.41) is 3.92. The van der Waals surface area contributed by atoms with Gasteiger partial charge in [-0.2, -0.15) is 0 Å². The standard InChI is InChI=1S/C16H31N/c1-4-14-7-5-8-15(11-14)16(12-13(2)3)9-6-10-17-16/h13-15,17H,4-12H2,1-3H3. The maximum atomic E-state index is 3.92. The second-order valence-corrected chi connectivity index (χ2v) is 6.92. The van der Waals surface area contributed by atoms with Gasteiger partial charge in [0.05, 0.1) is 0 Å². The van der Waals surface area contributed by atoms with Crippen LogP contribution in [0, 0.1) is 17.8 Å². The fraction of sp³-hybridized carbons (Fsp3) is 1.00. The van der Waals surface area contributed by atoms with Crippen molar-refractivity contribution in [2.75, 3.05) is 6.54 Å². The molecule has 1 aliphatic carbocycles. The molecule has 17 heavy (non-hydrogen) atoms. The van der Waals surface area contributed by atoms with E-state index in [1.165, 1.54) is 57.9 Å². The van der Waals surface area contributed by atoms with Crippen LogP contribution in [0.3, 0.4) is 0 Å². The van der Waals surface area contributed by atoms with Crippen molar-refractivity contribution in [3.63, 3.8) is 0 Å². The summed E-state index contributed by atoms with van der Waals surface area (Å²) in [4.78, 5) is 0. The molecule has 3 unspecified atom stereocenters. The van der Waals surface area contributed by atoms with Crippen molar-refractivity contribution in [1.82, 2.24) is 5.32 Å². The molecule has 3 atom stereocenters. The molecule has 0 spiro atoms. The van der Waals surface area contributed by atoms with Gasteiger partial charge in [-0.1, -0.05) is 40.0 Å². The molecule has 100 valence electrons. The quantitative estimate of drug-likeness (QED) is 0.765. The van der Waals surface area contributed by atoms with E-state index >= 15 is 0 Å². The van der Waals surface area contributed by atoms with Gasteiger partial charge in [0.1, 0.15) is 0 Å². The molecule has 1 saturated heterocycles. The Balaban J connectivity index is 2.04. The third-order valence-corrected chi connectivity index (χ3v) is 5.19. The average molecular weight is 237 g/mol. The molecular weight excluding hydrogens is 206 g/mol. The van der Waals surface area contributed by atoms with E-state index in [1.54, 1.807) is 0 Å². The third-order valence-electron chi connectivity index (χ3n) is 5.19. The molecule has 1 saturated carbocycles. The first kappa shape index (κ1) is 13.4. The Bertz CT molecular complexity index is 228. The van der Waals surface area contributed by atoms with Crippen LogP contribution >= 0.6 is 0 Å². The first-order valence-electron chi connectivity index (χ1n) is 7.91. The van der Waals surface area contributed by atoms with Gasteiger partial charge in [-0.05, 0) is 56.4 Å². The van der Waals surface area contributed by atoms with Crippen molar-refractivity contribution in [1.29, 1.82) is 0 Å². The van der Waals surface area contributed by atoms with Crippen LogP contribution in [0.4, 0.5) is 0 Å². The molecule has 0 radical (unpaired) electrons. The van der Waals surface area contributed by atoms with Crippen molar-refractivity contribution >= 4 is 0 Å². The highest BCUT2D eigenvalue weighted by atomic mass is 15.0. The van der Waals surface area contributed by atoms with Gasteiger partial charge in [0.2, 0.25) is 0 Å². The van der Waals surface area contributed by atoms with Crippen molar-refractivity contribution in [3.05, 3.63) is 0 Å². The highest BCUT2D eigenvalue weighted by molar-refractivity contribution is 5.00. The van der Waals surface area contributed by atoms with E-state index in [0.29, 0.717) is 5.54 Å². The lowest BCUT2D eigenvalue weighted by Gasteiger charge is -2.43. The summed E-state index contributed by atoms with van der Waals surface area (Å²) in [7, 11) is 0. The van der Waals surface area contributed by atoms with Gasteiger partial charge in [-0.15, -0.1) is 0 Å². The van der Waals surface area contributed by atoms with Crippen molar-refractivity contribution in [2.24, 2.45) is 17.8 Å². The first-order chi connectivity index (χ1) is 8.16. The van der Waals surface area contributed by atoms with Crippen LogP contribution in [0.15, 0.2) is 0 Å². The van der Waals surface area contributed by atoms with Gasteiger partial charge in [-0.3, -0.25) is 0 Å². The molecule has 0 bridgehead atoms. The van der Waals surface area contributed by atoms with Gasteiger partial charge >= 0.3 is 0 Å². The molecule has 1 nitrogen and oxygen atoms in total. The SMILES string of the molecule is CCC1CCCC(C2(CC(C)C)CCCN2)C1. The monoisotopic (exact) mass is 237 g/mol. The zero-order valence-corrected chi connectivity index (χ0v) is 12.1. The molecule has 1 aliphatic heterocycles. The summed E-state index contributed by atoms with van der Waals surface area (Å²) in [6, 6.07) is 0. The highest BCUT2D eigenvalue weighted by Crippen LogP contribution is 2.43. The normalized spacial score (nSPS) is 38.8. The smallest absolute Gasteiger partial charge is 0.0212 e. The van der Waals surface area contributed by atoms with Gasteiger partial charge in [-0.25, -0.2) is 0 Å². The summed E-state index contributed by atoms with van der Waals surface area (Å²) >= 11 is 0. The van der Waals surface area contributed by atoms with Crippen LogP contribution in [0.2, 0.25) is 0 Å². The van der Waals surface area contributed by atoms with Crippen molar-refractivity contribution < 1.29 is 0 Å². The summed E-state index contributed by atoms with van der Waals surface area (Å²) < 4.78 is 0. The first-order valence-corrected chi connectivity index (χ1v) is 7.91. The number of hydrogen-bond donors (Lipinski definition) is 1. The van der Waals surface area contributed by atoms with E-state index < -0.39 is 0 Å². The van der Waals surface area contributed by atoms with Crippen LogP contribution in [-0.2, 0) is 0 Å². The van der Waals surface area contributed by atoms with E-state index in [2.05, 4.69) is 26.1 Å². The molecule has 2 fully saturated rings. The summed E-state index contributed by atoms with van der Waals surface area (Å²) in [5.74, 6) is 2.81. The fourth-order valence-electron chi connectivity index (χ4n) is 4.41. The minimum Gasteiger partial charge on any atom is -0.311 e. The van der Waals surface area contributed by atoms with Crippen LogP contribution in [-0.4, -0.2) is 12.1 Å². The predicted octanol–water partition coefficient (Wildman–Crippen LogP) is 4.37. The molecule has 2 rings (SSSR count). The minimum absolute atomic E-state index is 0.516. The average Bonchev–Trinajstić information content (AvgIpc) is 2.78. The number of nitrogens with one attached hydrogen (secondary N) is 1. The molecule has 1 heteroatoms. The lowest BCUT2D eigenvalue weighted by Crippen LogP contribution is -2.49. The molecular formula is C16H31N. The Morgan fingerprint density at radius 1 is 1.24 bits per heavy atom. The minimum atomic E-state index is 0.516. The lowest BCUT2D eigenvalue weighted by atomic mass is 9.67. The molecule has 0 aromatic rings. The largest absolute Gasteiger partial charge is 0.311 e. The summed E-state index contributed by atoms with van der Waals surface area (Å²) in [5.41, 5.74) is 0.516. The Morgan fingerprint density at radius 3 is 2.65 bits per heavy atom. The van der Waals surface area contributed by atoms with Gasteiger partial charge in [0.25, 0.3) is 0 Å².